The monoisotopic (exact) mass is 1010 g/mol. The number of carbonyl (C=O) groups excluding carboxylic acids is 1. The Morgan fingerprint density at radius 3 is 2.46 bits per heavy atom. The van der Waals surface area contributed by atoms with E-state index in [2.05, 4.69) is 0 Å². The molecule has 0 amide bonds. The van der Waals surface area contributed by atoms with Crippen molar-refractivity contribution in [1.29, 1.82) is 0 Å². The second-order valence-corrected chi connectivity index (χ2v) is 26.8. The maximum absolute atomic E-state index is 12.7. The lowest BCUT2D eigenvalue weighted by molar-refractivity contribution is -0.323. The van der Waals surface area contributed by atoms with Gasteiger partial charge in [0.15, 0.2) is 5.78 Å². The van der Waals surface area contributed by atoms with Crippen molar-refractivity contribution >= 4 is 44.1 Å². The van der Waals surface area contributed by atoms with Crippen LogP contribution in [0.2, 0.25) is 0 Å². The van der Waals surface area contributed by atoms with Crippen LogP contribution < -0.4 is 4.74 Å². The second-order valence-electron chi connectivity index (χ2n) is 24.4. The molecule has 3 heterocycles. The number of carboxylic acids is 1. The van der Waals surface area contributed by atoms with Crippen LogP contribution in [0, 0.1) is 63.6 Å². The third kappa shape index (κ3) is 7.63. The standard InChI is InChI=1S/C55H76O13S2/c1-31-41(32(2)58)45(60)42-38(44(31)59)20-34(48(63)64)21-39(42)67-49-46(61)47(62)55(40(24-57)68-49)14-9-33-22-50(23-35-25-65-28-52(43(33)35,12-5-19-56)29-69-70-30-66-55)15-17-53(26-50)13-10-37-7-3-6-36-8-4-11-51(36)16-18-54(37,53)27-51/h20-21,33,35-37,40,43,46-47,49,56-57,59-62H,3-19,22-30H2,1-2H3,(H,63,64). The third-order valence-corrected chi connectivity index (χ3v) is 23.7. The summed E-state index contributed by atoms with van der Waals surface area (Å²) in [6, 6.07) is 2.28. The summed E-state index contributed by atoms with van der Waals surface area (Å²) in [5, 5.41) is 78.9. The number of carbonyl (C=O) groups is 2. The van der Waals surface area contributed by atoms with Gasteiger partial charge in [-0.25, -0.2) is 4.79 Å². The molecule has 6 saturated carbocycles. The number of Topliss-reactive ketones (excluding diaryl/α,β-unsaturated/α-hetero) is 1. The summed E-state index contributed by atoms with van der Waals surface area (Å²) in [4.78, 5) is 25.1. The number of phenols is 2. The number of aromatic carboxylic acids is 1. The van der Waals surface area contributed by atoms with E-state index in [1.54, 1.807) is 10.8 Å². The first-order valence-electron chi connectivity index (χ1n) is 26.7. The average Bonchev–Trinajstić information content (AvgIpc) is 4.10. The van der Waals surface area contributed by atoms with Crippen molar-refractivity contribution in [3.63, 3.8) is 0 Å². The fourth-order valence-corrected chi connectivity index (χ4v) is 21.2. The quantitative estimate of drug-likeness (QED) is 0.0746. The largest absolute Gasteiger partial charge is 0.507 e. The lowest BCUT2D eigenvalue weighted by atomic mass is 9.49. The molecule has 9 fully saturated rings. The first-order chi connectivity index (χ1) is 33.6. The van der Waals surface area contributed by atoms with Gasteiger partial charge in [0.2, 0.25) is 6.29 Å². The predicted molar refractivity (Wildman–Crippen MR) is 266 cm³/mol. The molecule has 2 bridgehead atoms. The fraction of sp³-hybridized carbons (Fsp3) is 0.782. The molecule has 2 aromatic rings. The summed E-state index contributed by atoms with van der Waals surface area (Å²) in [6.45, 7) is 3.55. The van der Waals surface area contributed by atoms with E-state index in [-0.39, 0.29) is 68.9 Å². The van der Waals surface area contributed by atoms with Gasteiger partial charge in [0.1, 0.15) is 47.1 Å². The van der Waals surface area contributed by atoms with Crippen molar-refractivity contribution in [1.82, 2.24) is 0 Å². The van der Waals surface area contributed by atoms with Crippen molar-refractivity contribution in [2.45, 2.75) is 172 Å². The Bertz CT molecular complexity index is 2360. The van der Waals surface area contributed by atoms with E-state index in [9.17, 15) is 45.3 Å². The van der Waals surface area contributed by atoms with Crippen LogP contribution in [-0.2, 0) is 14.2 Å². The molecule has 7 N–H and O–H groups in total. The number of fused-ring (bicyclic) bond motifs is 1. The minimum absolute atomic E-state index is 0.0577. The van der Waals surface area contributed by atoms with Crippen LogP contribution in [0.25, 0.3) is 10.8 Å². The molecule has 6 aliphatic carbocycles. The molecule has 70 heavy (non-hydrogen) atoms. The summed E-state index contributed by atoms with van der Waals surface area (Å²) in [5.41, 5.74) is -0.619. The summed E-state index contributed by atoms with van der Waals surface area (Å²) >= 11 is 0. The van der Waals surface area contributed by atoms with Gasteiger partial charge in [0, 0.05) is 35.3 Å². The predicted octanol–water partition coefficient (Wildman–Crippen LogP) is 9.31. The van der Waals surface area contributed by atoms with Crippen molar-refractivity contribution < 1.29 is 64.3 Å². The van der Waals surface area contributed by atoms with E-state index in [4.69, 9.17) is 18.9 Å². The van der Waals surface area contributed by atoms with E-state index in [1.807, 2.05) is 0 Å². The number of hydrogen-bond acceptors (Lipinski definition) is 14. The molecular formula is C55H76O13S2. The number of benzene rings is 2. The lowest BCUT2D eigenvalue weighted by Gasteiger charge is -2.59. The Morgan fingerprint density at radius 1 is 0.871 bits per heavy atom. The van der Waals surface area contributed by atoms with Crippen molar-refractivity contribution in [2.24, 2.45) is 56.7 Å². The molecule has 3 aliphatic heterocycles. The Morgan fingerprint density at radius 2 is 1.67 bits per heavy atom. The van der Waals surface area contributed by atoms with Crippen LogP contribution in [0.1, 0.15) is 162 Å². The average molecular weight is 1010 g/mol. The molecule has 3 saturated heterocycles. The summed E-state index contributed by atoms with van der Waals surface area (Å²) in [5.74, 6) is 0.407. The molecule has 386 valence electrons. The molecule has 11 rings (SSSR count). The highest BCUT2D eigenvalue weighted by atomic mass is 33.1. The Balaban J connectivity index is 0.921. The minimum Gasteiger partial charge on any atom is -0.507 e. The molecule has 5 spiro atoms. The molecule has 2 aromatic carbocycles. The summed E-state index contributed by atoms with van der Waals surface area (Å²) in [7, 11) is 3.23. The van der Waals surface area contributed by atoms with E-state index in [0.717, 1.165) is 49.5 Å². The van der Waals surface area contributed by atoms with Crippen molar-refractivity contribution in [3.8, 4) is 17.2 Å². The number of hydrogen-bond donors (Lipinski definition) is 7. The highest BCUT2D eigenvalue weighted by molar-refractivity contribution is 8.76. The zero-order chi connectivity index (χ0) is 49.0. The highest BCUT2D eigenvalue weighted by Crippen LogP contribution is 2.80. The minimum atomic E-state index is -1.78. The molecule has 0 aromatic heterocycles. The molecule has 15 atom stereocenters. The molecule has 15 unspecified atom stereocenters. The first kappa shape index (κ1) is 49.9. The Kier molecular flexibility index (Phi) is 13.2. The van der Waals surface area contributed by atoms with E-state index >= 15 is 0 Å². The second kappa shape index (κ2) is 18.5. The van der Waals surface area contributed by atoms with Gasteiger partial charge in [-0.05, 0) is 193 Å². The fourth-order valence-electron chi connectivity index (χ4n) is 18.8. The molecular weight excluding hydrogens is 933 g/mol. The number of aliphatic hydroxyl groups excluding tert-OH is 4. The summed E-state index contributed by atoms with van der Waals surface area (Å²) < 4.78 is 26.2. The number of phenolic OH excluding ortho intramolecular Hbond substituents is 2. The van der Waals surface area contributed by atoms with E-state index in [1.165, 1.54) is 121 Å². The number of aliphatic hydroxyl groups is 4. The lowest BCUT2D eigenvalue weighted by Crippen LogP contribution is -2.69. The van der Waals surface area contributed by atoms with Crippen molar-refractivity contribution in [3.05, 3.63) is 28.8 Å². The number of carboxylic acid groups (broad SMARTS) is 1. The van der Waals surface area contributed by atoms with Crippen LogP contribution in [-0.4, -0.2) is 116 Å². The highest BCUT2D eigenvalue weighted by Gasteiger charge is 2.71. The molecule has 9 aliphatic rings. The Labute approximate surface area is 419 Å². The van der Waals surface area contributed by atoms with Gasteiger partial charge in [0.25, 0.3) is 0 Å². The summed E-state index contributed by atoms with van der Waals surface area (Å²) in [6.07, 6.45) is 17.8. The Hall–Kier alpha value is -2.34. The van der Waals surface area contributed by atoms with Gasteiger partial charge in [-0.2, -0.15) is 0 Å². The van der Waals surface area contributed by atoms with Gasteiger partial charge in [-0.15, -0.1) is 0 Å². The third-order valence-electron chi connectivity index (χ3n) is 21.5. The number of aromatic hydroxyl groups is 2. The van der Waals surface area contributed by atoms with Crippen LogP contribution >= 0.6 is 21.6 Å². The van der Waals surface area contributed by atoms with Gasteiger partial charge >= 0.3 is 5.97 Å². The SMILES string of the molecule is CC(=O)c1c(C)c(O)c2cc(C(=O)O)cc(OC3OC(CO)C4(CCC5CC6(CCC7(CCC8CCCC9CCCC9%10CCC87C%10)C6)CC6COCC(CCCO)(CSSCO4)C56)C(O)C3O)c2c1O. The zero-order valence-corrected chi connectivity index (χ0v) is 42.8. The smallest absolute Gasteiger partial charge is 0.335 e. The molecule has 0 radical (unpaired) electrons. The van der Waals surface area contributed by atoms with E-state index in [0.29, 0.717) is 47.5 Å². The van der Waals surface area contributed by atoms with Gasteiger partial charge in [-0.1, -0.05) is 34.4 Å². The van der Waals surface area contributed by atoms with E-state index < -0.39 is 60.1 Å². The normalized spacial score (nSPS) is 43.6. The van der Waals surface area contributed by atoms with Crippen molar-refractivity contribution in [2.75, 3.05) is 38.1 Å². The molecule has 13 nitrogen and oxygen atoms in total. The maximum Gasteiger partial charge on any atom is 0.335 e. The first-order valence-corrected chi connectivity index (χ1v) is 29.2. The van der Waals surface area contributed by atoms with Gasteiger partial charge in [-0.3, -0.25) is 4.79 Å². The topological polar surface area (TPSA) is 213 Å². The van der Waals surface area contributed by atoms with Crippen LogP contribution in [0.3, 0.4) is 0 Å². The zero-order valence-electron chi connectivity index (χ0n) is 41.1. The van der Waals surface area contributed by atoms with Gasteiger partial charge in [0.05, 0.1) is 29.7 Å². The van der Waals surface area contributed by atoms with Crippen LogP contribution in [0.15, 0.2) is 12.1 Å². The molecule has 15 heteroatoms. The maximum atomic E-state index is 12.7. The number of ketones is 1. The number of rotatable bonds is 8. The van der Waals surface area contributed by atoms with Gasteiger partial charge < -0.3 is 54.7 Å². The van der Waals surface area contributed by atoms with Crippen LogP contribution in [0.4, 0.5) is 0 Å². The van der Waals surface area contributed by atoms with Crippen LogP contribution in [0.5, 0.6) is 17.2 Å². The number of ether oxygens (including phenoxy) is 4.